The molecule has 4 rings (SSSR count). The number of thiophene rings is 1. The molecule has 0 spiro atoms. The highest BCUT2D eigenvalue weighted by Gasteiger charge is 2.21. The summed E-state index contributed by atoms with van der Waals surface area (Å²) >= 11 is 10.00. The Labute approximate surface area is 199 Å². The van der Waals surface area contributed by atoms with Gasteiger partial charge in [0.05, 0.1) is 20.9 Å². The van der Waals surface area contributed by atoms with Crippen molar-refractivity contribution < 1.29 is 13.2 Å². The standard InChI is InChI=1S/C21H14BrClN2O5S2/c22-13-3-6-17-16(10-13)20(27)25(21(28)24-17)14-4-1-12(2-5-14)9-15(26)11-32(29,30)19-8-7-18(23)31-19/h1-8,10H,9,11H2,(H,24,28). The first-order valence-corrected chi connectivity index (χ1v) is 12.8. The minimum absolute atomic E-state index is 0.0488. The van der Waals surface area contributed by atoms with Gasteiger partial charge in [-0.3, -0.25) is 9.59 Å². The Balaban J connectivity index is 1.57. The SMILES string of the molecule is O=C(Cc1ccc(-n2c(=O)[nH]c3ccc(Br)cc3c2=O)cc1)CS(=O)(=O)c1ccc(Cl)s1. The fourth-order valence-electron chi connectivity index (χ4n) is 3.21. The van der Waals surface area contributed by atoms with Gasteiger partial charge in [0.1, 0.15) is 9.96 Å². The molecule has 0 radical (unpaired) electrons. The third-order valence-electron chi connectivity index (χ3n) is 4.66. The van der Waals surface area contributed by atoms with Crippen LogP contribution in [0.3, 0.4) is 0 Å². The molecule has 7 nitrogen and oxygen atoms in total. The number of halogens is 2. The molecule has 0 aliphatic heterocycles. The third kappa shape index (κ3) is 4.63. The van der Waals surface area contributed by atoms with E-state index >= 15 is 0 Å². The van der Waals surface area contributed by atoms with E-state index in [4.69, 9.17) is 11.6 Å². The number of rotatable bonds is 6. The van der Waals surface area contributed by atoms with Crippen LogP contribution in [0.5, 0.6) is 0 Å². The first kappa shape index (κ1) is 22.7. The molecule has 0 bridgehead atoms. The smallest absolute Gasteiger partial charge is 0.306 e. The molecule has 0 amide bonds. The average molecular weight is 554 g/mol. The Kier molecular flexibility index (Phi) is 6.22. The molecule has 0 saturated carbocycles. The molecular weight excluding hydrogens is 540 g/mol. The molecule has 2 aromatic carbocycles. The zero-order valence-corrected chi connectivity index (χ0v) is 20.1. The van der Waals surface area contributed by atoms with E-state index in [1.165, 1.54) is 24.3 Å². The Morgan fingerprint density at radius 1 is 1.06 bits per heavy atom. The lowest BCUT2D eigenvalue weighted by molar-refractivity contribution is -0.116. The molecule has 0 aliphatic carbocycles. The number of H-pyrrole nitrogens is 1. The second-order valence-corrected chi connectivity index (χ2v) is 11.8. The van der Waals surface area contributed by atoms with E-state index in [1.54, 1.807) is 30.3 Å². The van der Waals surface area contributed by atoms with Crippen LogP contribution in [0, 0.1) is 0 Å². The quantitative estimate of drug-likeness (QED) is 0.392. The fraction of sp³-hybridized carbons (Fsp3) is 0.0952. The number of carbonyl (C=O) groups excluding carboxylic acids is 1. The van der Waals surface area contributed by atoms with Crippen LogP contribution in [0.15, 0.2) is 72.9 Å². The minimum Gasteiger partial charge on any atom is -0.306 e. The number of benzene rings is 2. The van der Waals surface area contributed by atoms with Crippen LogP contribution in [-0.4, -0.2) is 29.5 Å². The van der Waals surface area contributed by atoms with Gasteiger partial charge in [-0.1, -0.05) is 39.7 Å². The van der Waals surface area contributed by atoms with Crippen molar-refractivity contribution in [3.05, 3.63) is 89.8 Å². The monoisotopic (exact) mass is 552 g/mol. The summed E-state index contributed by atoms with van der Waals surface area (Å²) in [5.41, 5.74) is 0.250. The fourth-order valence-corrected chi connectivity index (χ4v) is 6.38. The number of nitrogens with one attached hydrogen (secondary N) is 1. The first-order valence-electron chi connectivity index (χ1n) is 9.18. The molecule has 0 aliphatic rings. The lowest BCUT2D eigenvalue weighted by atomic mass is 10.1. The van der Waals surface area contributed by atoms with Crippen LogP contribution in [0.2, 0.25) is 4.34 Å². The highest BCUT2D eigenvalue weighted by Crippen LogP contribution is 2.26. The molecule has 0 fully saturated rings. The molecule has 0 saturated heterocycles. The summed E-state index contributed by atoms with van der Waals surface area (Å²) in [6.45, 7) is 0. The van der Waals surface area contributed by atoms with E-state index in [-0.39, 0.29) is 10.6 Å². The van der Waals surface area contributed by atoms with Gasteiger partial charge in [0.2, 0.25) is 0 Å². The van der Waals surface area contributed by atoms with Gasteiger partial charge in [-0.05, 0) is 48.0 Å². The Hall–Kier alpha value is -2.53. The Morgan fingerprint density at radius 2 is 1.78 bits per heavy atom. The van der Waals surface area contributed by atoms with Crippen LogP contribution in [-0.2, 0) is 21.1 Å². The normalized spacial score (nSPS) is 11.7. The maximum absolute atomic E-state index is 12.9. The average Bonchev–Trinajstić information content (AvgIpc) is 3.17. The van der Waals surface area contributed by atoms with Gasteiger partial charge in [-0.15, -0.1) is 11.3 Å². The van der Waals surface area contributed by atoms with Gasteiger partial charge in [-0.25, -0.2) is 17.8 Å². The van der Waals surface area contributed by atoms with Crippen molar-refractivity contribution in [2.75, 3.05) is 5.75 Å². The zero-order valence-electron chi connectivity index (χ0n) is 16.2. The zero-order chi connectivity index (χ0) is 23.0. The highest BCUT2D eigenvalue weighted by molar-refractivity contribution is 9.10. The molecule has 0 atom stereocenters. The molecule has 32 heavy (non-hydrogen) atoms. The van der Waals surface area contributed by atoms with Gasteiger partial charge in [0.25, 0.3) is 5.56 Å². The summed E-state index contributed by atoms with van der Waals surface area (Å²) in [7, 11) is -3.76. The van der Waals surface area contributed by atoms with E-state index in [2.05, 4.69) is 20.9 Å². The maximum atomic E-state index is 12.9. The van der Waals surface area contributed by atoms with Crippen LogP contribution in [0.4, 0.5) is 0 Å². The number of hydrogen-bond acceptors (Lipinski definition) is 6. The minimum atomic E-state index is -3.76. The number of Topliss-reactive ketones (excluding diaryl/α,β-unsaturated/α-hetero) is 1. The van der Waals surface area contributed by atoms with Crippen LogP contribution < -0.4 is 11.2 Å². The van der Waals surface area contributed by atoms with Crippen molar-refractivity contribution in [2.24, 2.45) is 0 Å². The summed E-state index contributed by atoms with van der Waals surface area (Å²) in [4.78, 5) is 40.3. The molecule has 1 N–H and O–H groups in total. The van der Waals surface area contributed by atoms with Crippen molar-refractivity contribution in [1.82, 2.24) is 9.55 Å². The van der Waals surface area contributed by atoms with Gasteiger partial charge >= 0.3 is 5.69 Å². The molecule has 164 valence electrons. The van der Waals surface area contributed by atoms with E-state index in [0.717, 1.165) is 15.9 Å². The lowest BCUT2D eigenvalue weighted by Crippen LogP contribution is -2.33. The summed E-state index contributed by atoms with van der Waals surface area (Å²) in [6.07, 6.45) is -0.103. The van der Waals surface area contributed by atoms with Crippen molar-refractivity contribution >= 4 is 65.4 Å². The van der Waals surface area contributed by atoms with Gasteiger partial charge < -0.3 is 4.98 Å². The van der Waals surface area contributed by atoms with Crippen molar-refractivity contribution in [3.8, 4) is 5.69 Å². The molecule has 11 heteroatoms. The van der Waals surface area contributed by atoms with Crippen molar-refractivity contribution in [1.29, 1.82) is 0 Å². The topological polar surface area (TPSA) is 106 Å². The van der Waals surface area contributed by atoms with Gasteiger partial charge in [0.15, 0.2) is 15.6 Å². The molecule has 2 aromatic heterocycles. The summed E-state index contributed by atoms with van der Waals surface area (Å²) in [6, 6.07) is 14.1. The maximum Gasteiger partial charge on any atom is 0.333 e. The van der Waals surface area contributed by atoms with Crippen LogP contribution >= 0.6 is 38.9 Å². The van der Waals surface area contributed by atoms with E-state index in [1.807, 2.05) is 0 Å². The number of aromatic amines is 1. The Bertz CT molecular complexity index is 1570. The summed E-state index contributed by atoms with van der Waals surface area (Å²) in [5, 5.41) is 0.345. The van der Waals surface area contributed by atoms with Crippen LogP contribution in [0.1, 0.15) is 5.56 Å². The van der Waals surface area contributed by atoms with E-state index < -0.39 is 32.6 Å². The molecule has 4 aromatic rings. The Morgan fingerprint density at radius 3 is 2.44 bits per heavy atom. The lowest BCUT2D eigenvalue weighted by Gasteiger charge is -2.08. The molecular formula is C21H14BrClN2O5S2. The third-order valence-corrected chi connectivity index (χ3v) is 8.64. The number of nitrogens with zero attached hydrogens (tertiary/aromatic N) is 1. The van der Waals surface area contributed by atoms with E-state index in [9.17, 15) is 22.8 Å². The summed E-state index contributed by atoms with van der Waals surface area (Å²) < 4.78 is 26.8. The predicted octanol–water partition coefficient (Wildman–Crippen LogP) is 3.74. The number of carbonyl (C=O) groups is 1. The van der Waals surface area contributed by atoms with E-state index in [0.29, 0.717) is 31.0 Å². The largest absolute Gasteiger partial charge is 0.333 e. The number of aromatic nitrogens is 2. The second kappa shape index (κ2) is 8.78. The second-order valence-electron chi connectivity index (χ2n) is 6.96. The molecule has 0 unspecified atom stereocenters. The van der Waals surface area contributed by atoms with Gasteiger partial charge in [-0.2, -0.15) is 0 Å². The van der Waals surface area contributed by atoms with Crippen molar-refractivity contribution in [3.63, 3.8) is 0 Å². The number of sulfone groups is 1. The number of ketones is 1. The summed E-state index contributed by atoms with van der Waals surface area (Å²) in [5.74, 6) is -1.11. The number of hydrogen-bond donors (Lipinski definition) is 1. The predicted molar refractivity (Wildman–Crippen MR) is 128 cm³/mol. The number of fused-ring (bicyclic) bond motifs is 1. The van der Waals surface area contributed by atoms with Gasteiger partial charge in [0, 0.05) is 10.9 Å². The first-order chi connectivity index (χ1) is 15.1. The molecule has 2 heterocycles. The van der Waals surface area contributed by atoms with Crippen LogP contribution in [0.25, 0.3) is 16.6 Å². The van der Waals surface area contributed by atoms with Crippen molar-refractivity contribution in [2.45, 2.75) is 10.6 Å². The highest BCUT2D eigenvalue weighted by atomic mass is 79.9.